The Morgan fingerprint density at radius 3 is 2.63 bits per heavy atom. The average Bonchev–Trinajstić information content (AvgIpc) is 3.18. The Morgan fingerprint density at radius 2 is 2.07 bits per heavy atom. The molecule has 1 saturated carbocycles. The maximum absolute atomic E-state index is 11.1. The van der Waals surface area contributed by atoms with Crippen LogP contribution in [-0.2, 0) is 7.05 Å². The number of amides is 1. The molecular formula is C19H26N6O2. The zero-order valence-electron chi connectivity index (χ0n) is 16.1. The van der Waals surface area contributed by atoms with E-state index in [0.29, 0.717) is 24.4 Å². The number of hydrogen-bond acceptors (Lipinski definition) is 5. The second-order valence-corrected chi connectivity index (χ2v) is 7.99. The minimum atomic E-state index is -0.793. The molecule has 8 nitrogen and oxygen atoms in total. The van der Waals surface area contributed by atoms with Gasteiger partial charge in [0.2, 0.25) is 0 Å². The molecule has 1 N–H and O–H groups in total. The first-order chi connectivity index (χ1) is 12.9. The lowest BCUT2D eigenvalue weighted by atomic mass is 9.91. The highest BCUT2D eigenvalue weighted by Gasteiger charge is 2.55. The number of rotatable bonds is 4. The fourth-order valence-electron chi connectivity index (χ4n) is 4.44. The van der Waals surface area contributed by atoms with Crippen LogP contribution in [0.2, 0.25) is 0 Å². The Labute approximate surface area is 158 Å². The van der Waals surface area contributed by atoms with Crippen LogP contribution < -0.4 is 4.90 Å². The second-order valence-electron chi connectivity index (χ2n) is 7.99. The second kappa shape index (κ2) is 6.51. The number of aromatic nitrogens is 4. The maximum atomic E-state index is 11.1. The zero-order valence-corrected chi connectivity index (χ0v) is 16.1. The summed E-state index contributed by atoms with van der Waals surface area (Å²) >= 11 is 0. The zero-order chi connectivity index (χ0) is 19.2. The third-order valence-corrected chi connectivity index (χ3v) is 6.29. The van der Waals surface area contributed by atoms with Crippen LogP contribution in [0.1, 0.15) is 24.8 Å². The smallest absolute Gasteiger partial charge is 0.407 e. The summed E-state index contributed by atoms with van der Waals surface area (Å²) in [7, 11) is 3.96. The van der Waals surface area contributed by atoms with Gasteiger partial charge in [-0.2, -0.15) is 5.10 Å². The van der Waals surface area contributed by atoms with Crippen molar-refractivity contribution < 1.29 is 9.90 Å². The molecule has 1 amide bonds. The molecule has 2 aromatic rings. The van der Waals surface area contributed by atoms with Gasteiger partial charge in [-0.15, -0.1) is 10.2 Å². The Balaban J connectivity index is 1.37. The van der Waals surface area contributed by atoms with E-state index < -0.39 is 6.09 Å². The fourth-order valence-corrected chi connectivity index (χ4v) is 4.44. The van der Waals surface area contributed by atoms with Gasteiger partial charge in [-0.05, 0) is 55.2 Å². The standard InChI is InChI=1S/C19H26N6O2/c1-13-11-20-24(3)17(13)15-4-5-16(22-21-15)23(2)12-14-10-19(14)6-8-25(9-7-19)18(26)27/h4-5,11,14H,6-10,12H2,1-3H3,(H,26,27). The molecule has 1 atom stereocenters. The fraction of sp³-hybridized carbons (Fsp3) is 0.579. The quantitative estimate of drug-likeness (QED) is 0.889. The van der Waals surface area contributed by atoms with E-state index in [1.807, 2.05) is 37.0 Å². The lowest BCUT2D eigenvalue weighted by Gasteiger charge is -2.31. The first kappa shape index (κ1) is 17.8. The number of nitrogens with zero attached hydrogens (tertiary/aromatic N) is 6. The van der Waals surface area contributed by atoms with Crippen LogP contribution in [0.15, 0.2) is 18.3 Å². The molecule has 0 radical (unpaired) electrons. The summed E-state index contributed by atoms with van der Waals surface area (Å²) < 4.78 is 1.82. The summed E-state index contributed by atoms with van der Waals surface area (Å²) in [5.41, 5.74) is 3.23. The molecule has 2 fully saturated rings. The lowest BCUT2D eigenvalue weighted by Crippen LogP contribution is -2.39. The molecule has 2 aromatic heterocycles. The maximum Gasteiger partial charge on any atom is 0.407 e. The monoisotopic (exact) mass is 370 g/mol. The first-order valence-corrected chi connectivity index (χ1v) is 9.41. The lowest BCUT2D eigenvalue weighted by molar-refractivity contribution is 0.117. The third kappa shape index (κ3) is 3.24. The van der Waals surface area contributed by atoms with Crippen molar-refractivity contribution >= 4 is 11.9 Å². The van der Waals surface area contributed by atoms with Crippen molar-refractivity contribution in [2.75, 3.05) is 31.6 Å². The largest absolute Gasteiger partial charge is 0.465 e. The number of anilines is 1. The van der Waals surface area contributed by atoms with Gasteiger partial charge < -0.3 is 14.9 Å². The van der Waals surface area contributed by atoms with Crippen molar-refractivity contribution in [2.24, 2.45) is 18.4 Å². The molecule has 1 unspecified atom stereocenters. The van der Waals surface area contributed by atoms with Gasteiger partial charge in [0.15, 0.2) is 5.82 Å². The Kier molecular flexibility index (Phi) is 4.28. The number of hydrogen-bond donors (Lipinski definition) is 1. The van der Waals surface area contributed by atoms with Gasteiger partial charge in [-0.3, -0.25) is 4.68 Å². The van der Waals surface area contributed by atoms with Gasteiger partial charge in [-0.25, -0.2) is 4.79 Å². The van der Waals surface area contributed by atoms with E-state index >= 15 is 0 Å². The minimum absolute atomic E-state index is 0.333. The van der Waals surface area contributed by atoms with E-state index in [-0.39, 0.29) is 0 Å². The molecule has 2 aliphatic rings. The van der Waals surface area contributed by atoms with Crippen molar-refractivity contribution in [3.05, 3.63) is 23.9 Å². The minimum Gasteiger partial charge on any atom is -0.465 e. The van der Waals surface area contributed by atoms with Crippen LogP contribution in [0.4, 0.5) is 10.6 Å². The molecule has 27 heavy (non-hydrogen) atoms. The molecule has 1 saturated heterocycles. The van der Waals surface area contributed by atoms with Gasteiger partial charge in [-0.1, -0.05) is 0 Å². The van der Waals surface area contributed by atoms with E-state index in [1.54, 1.807) is 0 Å². The van der Waals surface area contributed by atoms with Crippen molar-refractivity contribution in [3.63, 3.8) is 0 Å². The van der Waals surface area contributed by atoms with Crippen LogP contribution >= 0.6 is 0 Å². The summed E-state index contributed by atoms with van der Waals surface area (Å²) in [5.74, 6) is 1.47. The molecule has 144 valence electrons. The highest BCUT2D eigenvalue weighted by atomic mass is 16.4. The van der Waals surface area contributed by atoms with Crippen molar-refractivity contribution in [3.8, 4) is 11.4 Å². The van der Waals surface area contributed by atoms with Crippen LogP contribution in [0.3, 0.4) is 0 Å². The van der Waals surface area contributed by atoms with Crippen LogP contribution in [0.25, 0.3) is 11.4 Å². The van der Waals surface area contributed by atoms with E-state index in [2.05, 4.69) is 27.2 Å². The van der Waals surface area contributed by atoms with E-state index in [0.717, 1.165) is 42.2 Å². The highest BCUT2D eigenvalue weighted by molar-refractivity contribution is 5.65. The average molecular weight is 370 g/mol. The molecule has 0 aromatic carbocycles. The molecular weight excluding hydrogens is 344 g/mol. The molecule has 1 aliphatic heterocycles. The van der Waals surface area contributed by atoms with Gasteiger partial charge >= 0.3 is 6.09 Å². The molecule has 1 spiro atoms. The normalized spacial score (nSPS) is 20.7. The van der Waals surface area contributed by atoms with Crippen LogP contribution in [0.5, 0.6) is 0 Å². The molecule has 3 heterocycles. The Bertz CT molecular complexity index is 819. The molecule has 0 bridgehead atoms. The number of carboxylic acid groups (broad SMARTS) is 1. The van der Waals surface area contributed by atoms with E-state index in [1.165, 1.54) is 11.3 Å². The number of aryl methyl sites for hydroxylation is 2. The van der Waals surface area contributed by atoms with Gasteiger partial charge in [0.25, 0.3) is 0 Å². The van der Waals surface area contributed by atoms with Crippen LogP contribution in [-0.4, -0.2) is 62.8 Å². The summed E-state index contributed by atoms with van der Waals surface area (Å²) in [6.07, 6.45) is 4.17. The van der Waals surface area contributed by atoms with Crippen molar-refractivity contribution in [2.45, 2.75) is 26.2 Å². The molecule has 4 rings (SSSR count). The van der Waals surface area contributed by atoms with E-state index in [9.17, 15) is 4.79 Å². The topological polar surface area (TPSA) is 87.4 Å². The first-order valence-electron chi connectivity index (χ1n) is 9.41. The van der Waals surface area contributed by atoms with Crippen LogP contribution in [0, 0.1) is 18.3 Å². The predicted molar refractivity (Wildman–Crippen MR) is 102 cm³/mol. The number of likely N-dealkylation sites (tertiary alicyclic amines) is 1. The summed E-state index contributed by atoms with van der Waals surface area (Å²) in [6.45, 7) is 4.28. The summed E-state index contributed by atoms with van der Waals surface area (Å²) in [4.78, 5) is 14.8. The molecule has 1 aliphatic carbocycles. The third-order valence-electron chi connectivity index (χ3n) is 6.29. The van der Waals surface area contributed by atoms with Gasteiger partial charge in [0, 0.05) is 33.7 Å². The van der Waals surface area contributed by atoms with Gasteiger partial charge in [0.1, 0.15) is 5.69 Å². The summed E-state index contributed by atoms with van der Waals surface area (Å²) in [6, 6.07) is 4.01. The SMILES string of the molecule is Cc1cnn(C)c1-c1ccc(N(C)CC2CC23CCN(C(=O)O)CC3)nn1. The molecule has 8 heteroatoms. The number of carbonyl (C=O) groups is 1. The highest BCUT2D eigenvalue weighted by Crippen LogP contribution is 2.59. The Morgan fingerprint density at radius 1 is 1.33 bits per heavy atom. The predicted octanol–water partition coefficient (Wildman–Crippen LogP) is 2.40. The summed E-state index contributed by atoms with van der Waals surface area (Å²) in [5, 5.41) is 22.2. The Hall–Kier alpha value is -2.64. The van der Waals surface area contributed by atoms with Gasteiger partial charge in [0.05, 0.1) is 11.9 Å². The van der Waals surface area contributed by atoms with Crippen molar-refractivity contribution in [1.29, 1.82) is 0 Å². The van der Waals surface area contributed by atoms with Crippen molar-refractivity contribution in [1.82, 2.24) is 24.9 Å². The number of piperidine rings is 1. The van der Waals surface area contributed by atoms with E-state index in [4.69, 9.17) is 5.11 Å².